The van der Waals surface area contributed by atoms with Crippen molar-refractivity contribution in [3.05, 3.63) is 29.8 Å². The highest BCUT2D eigenvalue weighted by Crippen LogP contribution is 2.76. The molecule has 3 nitrogen and oxygen atoms in total. The minimum Gasteiger partial charge on any atom is -0.339 e. The van der Waals surface area contributed by atoms with Gasteiger partial charge in [-0.2, -0.15) is 0 Å². The van der Waals surface area contributed by atoms with Crippen molar-refractivity contribution in [2.75, 3.05) is 0 Å². The van der Waals surface area contributed by atoms with E-state index in [1.165, 1.54) is 10.9 Å². The number of rotatable bonds is 3. The average Bonchev–Trinajstić information content (AvgIpc) is 2.46. The molecule has 1 aromatic rings. The lowest BCUT2D eigenvalue weighted by molar-refractivity contribution is -0.448. The summed E-state index contributed by atoms with van der Waals surface area (Å²) in [6, 6.07) is 9.03. The Balaban J connectivity index is 1.78. The second-order valence-electron chi connectivity index (χ2n) is 12.2. The van der Waals surface area contributed by atoms with Crippen LogP contribution in [0.25, 0.3) is 0 Å². The molecular weight excluding hydrogens is 410 g/mol. The van der Waals surface area contributed by atoms with Crippen molar-refractivity contribution < 1.29 is 14.2 Å². The summed E-state index contributed by atoms with van der Waals surface area (Å²) in [5.41, 5.74) is 0.678. The molecule has 5 unspecified atom stereocenters. The van der Waals surface area contributed by atoms with Crippen molar-refractivity contribution in [3.8, 4) is 0 Å². The third-order valence-electron chi connectivity index (χ3n) is 6.73. The fourth-order valence-corrected chi connectivity index (χ4v) is 14.2. The van der Waals surface area contributed by atoms with Gasteiger partial charge in [-0.3, -0.25) is 0 Å². The molecule has 0 amide bonds. The normalized spacial score (nSPS) is 41.0. The lowest BCUT2D eigenvalue weighted by Gasteiger charge is -2.69. The summed E-state index contributed by atoms with van der Waals surface area (Å²) in [4.78, 5) is 0. The van der Waals surface area contributed by atoms with Gasteiger partial charge in [0.05, 0.1) is 10.9 Å². The largest absolute Gasteiger partial charge is 0.339 e. The molecule has 4 fully saturated rings. The highest BCUT2D eigenvalue weighted by molar-refractivity contribution is 7.68. The van der Waals surface area contributed by atoms with Crippen LogP contribution >= 0.6 is 15.8 Å². The van der Waals surface area contributed by atoms with Crippen molar-refractivity contribution in [2.24, 2.45) is 0 Å². The first-order chi connectivity index (χ1) is 13.5. The lowest BCUT2D eigenvalue weighted by Crippen LogP contribution is -2.72. The van der Waals surface area contributed by atoms with Gasteiger partial charge in [0, 0.05) is 20.8 Å². The Kier molecular flexibility index (Phi) is 5.20. The van der Waals surface area contributed by atoms with E-state index in [9.17, 15) is 0 Å². The third-order valence-corrected chi connectivity index (χ3v) is 13.7. The number of hydrogen-bond acceptors (Lipinski definition) is 3. The molecule has 5 atom stereocenters. The Labute approximate surface area is 186 Å². The van der Waals surface area contributed by atoms with Crippen molar-refractivity contribution in [3.63, 3.8) is 0 Å². The summed E-state index contributed by atoms with van der Waals surface area (Å²) in [6.45, 7) is 23.2. The van der Waals surface area contributed by atoms with E-state index in [0.717, 1.165) is 19.0 Å². The van der Waals surface area contributed by atoms with Gasteiger partial charge in [0.1, 0.15) is 0 Å². The molecule has 30 heavy (non-hydrogen) atoms. The van der Waals surface area contributed by atoms with Gasteiger partial charge in [-0.05, 0) is 55.0 Å². The molecule has 4 aliphatic heterocycles. The zero-order valence-electron chi connectivity index (χ0n) is 20.5. The van der Waals surface area contributed by atoms with Gasteiger partial charge in [-0.15, -0.1) is 0 Å². The summed E-state index contributed by atoms with van der Waals surface area (Å²) in [5.74, 6) is -0.550. The van der Waals surface area contributed by atoms with E-state index in [1.807, 2.05) is 0 Å². The summed E-state index contributed by atoms with van der Waals surface area (Å²) in [7, 11) is -1.04. The molecule has 4 saturated heterocycles. The van der Waals surface area contributed by atoms with Gasteiger partial charge >= 0.3 is 0 Å². The first kappa shape index (κ1) is 23.1. The number of ether oxygens (including phenoxy) is 3. The maximum Gasteiger partial charge on any atom is 0.194 e. The average molecular weight is 451 g/mol. The van der Waals surface area contributed by atoms with Crippen LogP contribution in [-0.2, 0) is 20.4 Å². The standard InChI is InChI=1S/C25H40O3P2/c1-20(2,3)29(21(4,5)6)15-18-13-11-12-14-19(18)30-24(9)17-22(7)16-23(8,27-24)28-25(30,10)26-22/h11-14H,15-17H2,1-10H3. The predicted octanol–water partition coefficient (Wildman–Crippen LogP) is 7.11. The van der Waals surface area contributed by atoms with Crippen LogP contribution in [-0.4, -0.2) is 32.6 Å². The SMILES string of the molecule is CC12CC3(C)OC(C)(C1)P(c1ccccc1CP(C(C)(C)C)C(C)(C)C)C(C)(O2)O3. The summed E-state index contributed by atoms with van der Waals surface area (Å²) in [5, 5.41) is 1.75. The molecule has 168 valence electrons. The Hall–Kier alpha value is -0.0400. The van der Waals surface area contributed by atoms with E-state index in [0.29, 0.717) is 0 Å². The first-order valence-electron chi connectivity index (χ1n) is 11.3. The van der Waals surface area contributed by atoms with E-state index in [2.05, 4.69) is 93.5 Å². The van der Waals surface area contributed by atoms with Crippen molar-refractivity contribution >= 4 is 21.1 Å². The van der Waals surface area contributed by atoms with Gasteiger partial charge in [0.2, 0.25) is 0 Å². The second-order valence-corrected chi connectivity index (χ2v) is 19.0. The van der Waals surface area contributed by atoms with E-state index in [-0.39, 0.29) is 29.2 Å². The Morgan fingerprint density at radius 3 is 2.00 bits per heavy atom. The molecule has 0 N–H and O–H groups in total. The quantitative estimate of drug-likeness (QED) is 0.459. The van der Waals surface area contributed by atoms with Crippen LogP contribution < -0.4 is 5.30 Å². The van der Waals surface area contributed by atoms with Crippen LogP contribution in [0.5, 0.6) is 0 Å². The van der Waals surface area contributed by atoms with Gasteiger partial charge in [0.15, 0.2) is 11.3 Å². The maximum absolute atomic E-state index is 6.72. The number of hydrogen-bond donors (Lipinski definition) is 0. The third kappa shape index (κ3) is 3.82. The van der Waals surface area contributed by atoms with Crippen LogP contribution in [0.2, 0.25) is 0 Å². The maximum atomic E-state index is 6.72. The fraction of sp³-hybridized carbons (Fsp3) is 0.760. The van der Waals surface area contributed by atoms with Crippen molar-refractivity contribution in [1.29, 1.82) is 0 Å². The van der Waals surface area contributed by atoms with Crippen molar-refractivity contribution in [2.45, 2.75) is 121 Å². The summed E-state index contributed by atoms with van der Waals surface area (Å²) < 4.78 is 20.0. The molecule has 0 aromatic heterocycles. The number of benzene rings is 1. The van der Waals surface area contributed by atoms with Crippen molar-refractivity contribution in [1.82, 2.24) is 0 Å². The topological polar surface area (TPSA) is 27.7 Å². The minimum atomic E-state index is -0.808. The molecule has 0 aliphatic carbocycles. The van der Waals surface area contributed by atoms with E-state index in [4.69, 9.17) is 14.2 Å². The van der Waals surface area contributed by atoms with E-state index >= 15 is 0 Å². The molecule has 4 heterocycles. The van der Waals surface area contributed by atoms with Gasteiger partial charge < -0.3 is 14.2 Å². The molecule has 0 saturated carbocycles. The summed E-state index contributed by atoms with van der Waals surface area (Å²) in [6.07, 6.45) is 2.86. The first-order valence-corrected chi connectivity index (χ1v) is 14.1. The molecule has 5 heteroatoms. The molecule has 4 aliphatic rings. The smallest absolute Gasteiger partial charge is 0.194 e. The monoisotopic (exact) mass is 450 g/mol. The van der Waals surface area contributed by atoms with Crippen LogP contribution in [0.4, 0.5) is 0 Å². The van der Waals surface area contributed by atoms with E-state index < -0.39 is 19.2 Å². The molecule has 5 rings (SSSR count). The van der Waals surface area contributed by atoms with Crippen LogP contribution in [0.3, 0.4) is 0 Å². The highest BCUT2D eigenvalue weighted by Gasteiger charge is 2.71. The fourth-order valence-electron chi connectivity index (χ4n) is 6.61. The Morgan fingerprint density at radius 2 is 1.47 bits per heavy atom. The molecular formula is C25H40O3P2. The van der Waals surface area contributed by atoms with Crippen LogP contribution in [0.1, 0.15) is 87.6 Å². The second kappa shape index (κ2) is 6.74. The highest BCUT2D eigenvalue weighted by atomic mass is 31.1. The zero-order valence-corrected chi connectivity index (χ0v) is 22.3. The van der Waals surface area contributed by atoms with E-state index in [1.54, 1.807) is 0 Å². The molecule has 0 spiro atoms. The van der Waals surface area contributed by atoms with Crippen LogP contribution in [0.15, 0.2) is 24.3 Å². The van der Waals surface area contributed by atoms with Crippen LogP contribution in [0, 0.1) is 0 Å². The molecule has 4 bridgehead atoms. The van der Waals surface area contributed by atoms with Gasteiger partial charge in [-0.1, -0.05) is 73.7 Å². The Morgan fingerprint density at radius 1 is 0.867 bits per heavy atom. The molecule has 1 aromatic carbocycles. The zero-order chi connectivity index (χ0) is 22.4. The lowest BCUT2D eigenvalue weighted by atomic mass is 9.85. The minimum absolute atomic E-state index is 0.175. The Bertz CT molecular complexity index is 780. The van der Waals surface area contributed by atoms with Gasteiger partial charge in [-0.25, -0.2) is 0 Å². The molecule has 0 radical (unpaired) electrons. The summed E-state index contributed by atoms with van der Waals surface area (Å²) >= 11 is 0. The predicted molar refractivity (Wildman–Crippen MR) is 129 cm³/mol. The van der Waals surface area contributed by atoms with Gasteiger partial charge in [0.25, 0.3) is 0 Å².